The SMILES string of the molecule is C[C@@H]1C[C@@H](C)CN(S(=O)(=O)N2CCN(S(=O)(=O)c3ccc(Cl)s3)CC2)C1. The van der Waals surface area contributed by atoms with Crippen molar-refractivity contribution in [1.29, 1.82) is 0 Å². The number of sulfonamides is 1. The van der Waals surface area contributed by atoms with Gasteiger partial charge in [-0.3, -0.25) is 0 Å². The average Bonchev–Trinajstić information content (AvgIpc) is 3.01. The number of hydrogen-bond donors (Lipinski definition) is 0. The first-order valence-electron chi connectivity index (χ1n) is 8.61. The highest BCUT2D eigenvalue weighted by Gasteiger charge is 2.38. The first-order valence-corrected chi connectivity index (χ1v) is 12.6. The Morgan fingerprint density at radius 1 is 0.923 bits per heavy atom. The van der Waals surface area contributed by atoms with Gasteiger partial charge in [0.05, 0.1) is 4.34 Å². The van der Waals surface area contributed by atoms with E-state index >= 15 is 0 Å². The minimum atomic E-state index is -3.62. The predicted molar refractivity (Wildman–Crippen MR) is 103 cm³/mol. The summed E-state index contributed by atoms with van der Waals surface area (Å²) in [4.78, 5) is 0. The fourth-order valence-corrected chi connectivity index (χ4v) is 8.56. The van der Waals surface area contributed by atoms with Crippen LogP contribution in [-0.2, 0) is 20.2 Å². The lowest BCUT2D eigenvalue weighted by atomic mass is 9.94. The van der Waals surface area contributed by atoms with Crippen molar-refractivity contribution in [3.63, 3.8) is 0 Å². The quantitative estimate of drug-likeness (QED) is 0.715. The molecule has 0 aliphatic carbocycles. The number of rotatable bonds is 4. The summed E-state index contributed by atoms with van der Waals surface area (Å²) >= 11 is 6.85. The Bertz CT molecular complexity index is 837. The maximum Gasteiger partial charge on any atom is 0.282 e. The maximum absolute atomic E-state index is 12.9. The van der Waals surface area contributed by atoms with Gasteiger partial charge in [0, 0.05) is 39.3 Å². The minimum absolute atomic E-state index is 0.149. The molecule has 0 bridgehead atoms. The third kappa shape index (κ3) is 4.11. The Hall–Kier alpha value is -0.230. The van der Waals surface area contributed by atoms with E-state index in [4.69, 9.17) is 11.6 Å². The van der Waals surface area contributed by atoms with E-state index in [1.165, 1.54) is 14.7 Å². The molecule has 0 aromatic carbocycles. The standard InChI is InChI=1S/C15H24ClN3O4S3/c1-12-9-13(2)11-19(10-12)26(22,23)18-7-5-17(6-8-18)25(20,21)15-4-3-14(16)24-15/h3-4,12-13H,5-11H2,1-2H3/t12-,13-/m1/s1. The molecule has 2 atom stereocenters. The lowest BCUT2D eigenvalue weighted by Gasteiger charge is -2.39. The smallest absolute Gasteiger partial charge is 0.206 e. The molecule has 3 rings (SSSR count). The molecule has 0 amide bonds. The van der Waals surface area contributed by atoms with Gasteiger partial charge in [-0.1, -0.05) is 25.4 Å². The lowest BCUT2D eigenvalue weighted by Crippen LogP contribution is -2.56. The van der Waals surface area contributed by atoms with Gasteiger partial charge in [0.25, 0.3) is 20.2 Å². The van der Waals surface area contributed by atoms with Crippen LogP contribution in [0.4, 0.5) is 0 Å². The molecule has 2 aliphatic rings. The summed E-state index contributed by atoms with van der Waals surface area (Å²) in [6.45, 7) is 5.81. The summed E-state index contributed by atoms with van der Waals surface area (Å²) in [5, 5.41) is 0. The normalized spacial score (nSPS) is 27.7. The van der Waals surface area contributed by atoms with Crippen LogP contribution in [0.5, 0.6) is 0 Å². The van der Waals surface area contributed by atoms with Crippen molar-refractivity contribution < 1.29 is 16.8 Å². The van der Waals surface area contributed by atoms with Crippen molar-refractivity contribution in [3.8, 4) is 0 Å². The van der Waals surface area contributed by atoms with Crippen LogP contribution >= 0.6 is 22.9 Å². The van der Waals surface area contributed by atoms with Crippen molar-refractivity contribution in [3.05, 3.63) is 16.5 Å². The lowest BCUT2D eigenvalue weighted by molar-refractivity contribution is 0.197. The molecule has 2 saturated heterocycles. The summed E-state index contributed by atoms with van der Waals surface area (Å²) in [5.74, 6) is 0.664. The Morgan fingerprint density at radius 2 is 1.46 bits per heavy atom. The molecule has 0 radical (unpaired) electrons. The van der Waals surface area contributed by atoms with Crippen LogP contribution in [0.2, 0.25) is 4.34 Å². The van der Waals surface area contributed by atoms with E-state index < -0.39 is 20.2 Å². The zero-order chi connectivity index (χ0) is 19.1. The molecule has 0 unspecified atom stereocenters. The van der Waals surface area contributed by atoms with Gasteiger partial charge in [-0.25, -0.2) is 8.42 Å². The van der Waals surface area contributed by atoms with Crippen LogP contribution in [0.1, 0.15) is 20.3 Å². The molecule has 1 aromatic heterocycles. The van der Waals surface area contributed by atoms with Gasteiger partial charge in [0.1, 0.15) is 4.21 Å². The summed E-state index contributed by atoms with van der Waals surface area (Å²) in [6, 6.07) is 3.04. The van der Waals surface area contributed by atoms with Crippen LogP contribution in [0.3, 0.4) is 0 Å². The van der Waals surface area contributed by atoms with E-state index in [0.717, 1.165) is 17.8 Å². The number of piperazine rings is 1. The average molecular weight is 442 g/mol. The van der Waals surface area contributed by atoms with Crippen LogP contribution in [0, 0.1) is 11.8 Å². The van der Waals surface area contributed by atoms with E-state index in [1.807, 2.05) is 0 Å². The van der Waals surface area contributed by atoms with Crippen molar-refractivity contribution in [1.82, 2.24) is 12.9 Å². The second-order valence-electron chi connectivity index (χ2n) is 7.13. The largest absolute Gasteiger partial charge is 0.282 e. The Balaban J connectivity index is 1.68. The number of piperidine rings is 1. The van der Waals surface area contributed by atoms with Gasteiger partial charge >= 0.3 is 0 Å². The Morgan fingerprint density at radius 3 is 1.96 bits per heavy atom. The molecule has 0 saturated carbocycles. The highest BCUT2D eigenvalue weighted by Crippen LogP contribution is 2.30. The molecule has 0 N–H and O–H groups in total. The fourth-order valence-electron chi connectivity index (χ4n) is 3.66. The molecular formula is C15H24ClN3O4S3. The first-order chi connectivity index (χ1) is 12.1. The molecule has 148 valence electrons. The van der Waals surface area contributed by atoms with E-state index in [9.17, 15) is 16.8 Å². The Labute approximate surface area is 164 Å². The second-order valence-corrected chi connectivity index (χ2v) is 12.9. The van der Waals surface area contributed by atoms with E-state index in [2.05, 4.69) is 13.8 Å². The van der Waals surface area contributed by atoms with Crippen LogP contribution in [0.15, 0.2) is 16.3 Å². The maximum atomic E-state index is 12.9. The third-order valence-electron chi connectivity index (χ3n) is 4.83. The number of halogens is 1. The van der Waals surface area contributed by atoms with E-state index in [-0.39, 0.29) is 30.4 Å². The van der Waals surface area contributed by atoms with Gasteiger partial charge in [-0.15, -0.1) is 11.3 Å². The van der Waals surface area contributed by atoms with Gasteiger partial charge < -0.3 is 0 Å². The summed E-state index contributed by atoms with van der Waals surface area (Å²) in [5.41, 5.74) is 0. The zero-order valence-corrected chi connectivity index (χ0v) is 18.0. The predicted octanol–water partition coefficient (Wildman–Crippen LogP) is 1.93. The molecule has 11 heteroatoms. The minimum Gasteiger partial charge on any atom is -0.206 e. The van der Waals surface area contributed by atoms with Crippen molar-refractivity contribution in [2.75, 3.05) is 39.3 Å². The number of nitrogens with zero attached hydrogens (tertiary/aromatic N) is 3. The van der Waals surface area contributed by atoms with Crippen LogP contribution < -0.4 is 0 Å². The number of thiophene rings is 1. The van der Waals surface area contributed by atoms with Crippen molar-refractivity contribution in [2.45, 2.75) is 24.5 Å². The van der Waals surface area contributed by atoms with Crippen LogP contribution in [-0.4, -0.2) is 69.0 Å². The van der Waals surface area contributed by atoms with E-state index in [0.29, 0.717) is 29.3 Å². The topological polar surface area (TPSA) is 78.0 Å². The van der Waals surface area contributed by atoms with Gasteiger partial charge in [-0.2, -0.15) is 21.3 Å². The third-order valence-corrected chi connectivity index (χ3v) is 10.4. The molecular weight excluding hydrogens is 418 g/mol. The van der Waals surface area contributed by atoms with Gasteiger partial charge in [0.2, 0.25) is 0 Å². The summed E-state index contributed by atoms with van der Waals surface area (Å²) in [6.07, 6.45) is 1.03. The van der Waals surface area contributed by atoms with E-state index in [1.54, 1.807) is 10.4 Å². The molecule has 7 nitrogen and oxygen atoms in total. The second kappa shape index (κ2) is 7.65. The van der Waals surface area contributed by atoms with Gasteiger partial charge in [-0.05, 0) is 30.4 Å². The Kier molecular flexibility index (Phi) is 6.03. The molecule has 2 aliphatic heterocycles. The highest BCUT2D eigenvalue weighted by atomic mass is 35.5. The van der Waals surface area contributed by atoms with Gasteiger partial charge in [0.15, 0.2) is 0 Å². The monoisotopic (exact) mass is 441 g/mol. The molecule has 3 heterocycles. The molecule has 26 heavy (non-hydrogen) atoms. The molecule has 1 aromatic rings. The fraction of sp³-hybridized carbons (Fsp3) is 0.733. The molecule has 0 spiro atoms. The molecule has 2 fully saturated rings. The van der Waals surface area contributed by atoms with Crippen molar-refractivity contribution in [2.24, 2.45) is 11.8 Å². The summed E-state index contributed by atoms with van der Waals surface area (Å²) < 4.78 is 56.0. The van der Waals surface area contributed by atoms with Crippen LogP contribution in [0.25, 0.3) is 0 Å². The zero-order valence-electron chi connectivity index (χ0n) is 14.8. The number of hydrogen-bond acceptors (Lipinski definition) is 5. The van der Waals surface area contributed by atoms with Crippen molar-refractivity contribution >= 4 is 43.2 Å². The highest BCUT2D eigenvalue weighted by molar-refractivity contribution is 7.91. The first kappa shape index (κ1) is 20.5. The summed E-state index contributed by atoms with van der Waals surface area (Å²) in [7, 11) is -7.17.